The van der Waals surface area contributed by atoms with E-state index in [9.17, 15) is 5.11 Å². The van der Waals surface area contributed by atoms with E-state index in [0.717, 1.165) is 29.2 Å². The Morgan fingerprint density at radius 2 is 1.65 bits per heavy atom. The monoisotopic (exact) mass is 355 g/mol. The molecule has 0 fully saturated rings. The largest absolute Gasteiger partial charge is 0.457 e. The molecule has 0 aromatic heterocycles. The van der Waals surface area contributed by atoms with Crippen LogP contribution in [0.2, 0.25) is 0 Å². The summed E-state index contributed by atoms with van der Waals surface area (Å²) in [5.74, 6) is 1.92. The van der Waals surface area contributed by atoms with Gasteiger partial charge in [-0.25, -0.2) is 0 Å². The molecule has 142 valence electrons. The van der Waals surface area contributed by atoms with E-state index in [1.807, 2.05) is 48.5 Å². The molecule has 0 spiro atoms. The summed E-state index contributed by atoms with van der Waals surface area (Å²) in [5.41, 5.74) is 1.83. The first kappa shape index (κ1) is 20.5. The first-order chi connectivity index (χ1) is 12.3. The SMILES string of the molecule is CCNC(C(C)C)[C@@H](O)c1cccc(Oc2ccccc2)c1C(C)(C)C. The van der Waals surface area contributed by atoms with E-state index in [1.54, 1.807) is 0 Å². The van der Waals surface area contributed by atoms with Gasteiger partial charge in [0, 0.05) is 11.6 Å². The number of aliphatic hydroxyl groups is 1. The molecule has 2 aromatic rings. The van der Waals surface area contributed by atoms with Gasteiger partial charge in [0.15, 0.2) is 0 Å². The van der Waals surface area contributed by atoms with Gasteiger partial charge in [0.2, 0.25) is 0 Å². The van der Waals surface area contributed by atoms with Crippen molar-refractivity contribution in [3.8, 4) is 11.5 Å². The zero-order chi connectivity index (χ0) is 19.3. The van der Waals surface area contributed by atoms with Crippen molar-refractivity contribution in [2.24, 2.45) is 5.92 Å². The van der Waals surface area contributed by atoms with Gasteiger partial charge in [-0.1, -0.05) is 71.9 Å². The third-order valence-corrected chi connectivity index (χ3v) is 4.60. The number of ether oxygens (including phenoxy) is 1. The molecule has 3 heteroatoms. The Morgan fingerprint density at radius 3 is 2.19 bits per heavy atom. The van der Waals surface area contributed by atoms with Crippen LogP contribution < -0.4 is 10.1 Å². The molecule has 2 atom stereocenters. The van der Waals surface area contributed by atoms with E-state index < -0.39 is 6.10 Å². The van der Waals surface area contributed by atoms with Gasteiger partial charge in [0.1, 0.15) is 11.5 Å². The van der Waals surface area contributed by atoms with Crippen LogP contribution >= 0.6 is 0 Å². The quantitative estimate of drug-likeness (QED) is 0.694. The molecule has 2 aromatic carbocycles. The summed E-state index contributed by atoms with van der Waals surface area (Å²) in [5, 5.41) is 14.6. The van der Waals surface area contributed by atoms with Crippen LogP contribution in [-0.2, 0) is 5.41 Å². The Balaban J connectivity index is 2.51. The lowest BCUT2D eigenvalue weighted by Crippen LogP contribution is -2.40. The third kappa shape index (κ3) is 4.87. The fourth-order valence-electron chi connectivity index (χ4n) is 3.44. The van der Waals surface area contributed by atoms with E-state index in [2.05, 4.69) is 46.9 Å². The molecule has 2 rings (SSSR count). The third-order valence-electron chi connectivity index (χ3n) is 4.60. The molecule has 0 saturated carbocycles. The maximum Gasteiger partial charge on any atom is 0.131 e. The van der Waals surface area contributed by atoms with E-state index in [4.69, 9.17) is 4.74 Å². The summed E-state index contributed by atoms with van der Waals surface area (Å²) in [6, 6.07) is 15.8. The molecule has 0 heterocycles. The number of hydrogen-bond donors (Lipinski definition) is 2. The summed E-state index contributed by atoms with van der Waals surface area (Å²) < 4.78 is 6.20. The van der Waals surface area contributed by atoms with Gasteiger partial charge in [-0.3, -0.25) is 0 Å². The van der Waals surface area contributed by atoms with E-state index in [1.165, 1.54) is 0 Å². The Kier molecular flexibility index (Phi) is 6.85. The number of likely N-dealkylation sites (N-methyl/N-ethyl adjacent to an activating group) is 1. The zero-order valence-corrected chi connectivity index (χ0v) is 16.9. The van der Waals surface area contributed by atoms with Crippen LogP contribution in [0.5, 0.6) is 11.5 Å². The fourth-order valence-corrected chi connectivity index (χ4v) is 3.44. The minimum atomic E-state index is -0.594. The average Bonchev–Trinajstić information content (AvgIpc) is 2.58. The van der Waals surface area contributed by atoms with E-state index in [-0.39, 0.29) is 11.5 Å². The maximum absolute atomic E-state index is 11.2. The zero-order valence-electron chi connectivity index (χ0n) is 16.9. The van der Waals surface area contributed by atoms with E-state index in [0.29, 0.717) is 5.92 Å². The number of rotatable bonds is 7. The molecule has 0 aliphatic carbocycles. The minimum absolute atomic E-state index is 0.00641. The van der Waals surface area contributed by atoms with Crippen LogP contribution in [0.15, 0.2) is 48.5 Å². The van der Waals surface area contributed by atoms with Crippen molar-refractivity contribution in [2.75, 3.05) is 6.54 Å². The minimum Gasteiger partial charge on any atom is -0.457 e. The van der Waals surface area contributed by atoms with Gasteiger partial charge in [-0.05, 0) is 41.6 Å². The summed E-state index contributed by atoms with van der Waals surface area (Å²) >= 11 is 0. The Hall–Kier alpha value is -1.84. The topological polar surface area (TPSA) is 41.5 Å². The normalized spacial score (nSPS) is 14.3. The molecule has 2 N–H and O–H groups in total. The highest BCUT2D eigenvalue weighted by Crippen LogP contribution is 2.40. The van der Waals surface area contributed by atoms with Crippen molar-refractivity contribution >= 4 is 0 Å². The Morgan fingerprint density at radius 1 is 1.00 bits per heavy atom. The second kappa shape index (κ2) is 8.70. The molecule has 1 unspecified atom stereocenters. The van der Waals surface area contributed by atoms with Crippen molar-refractivity contribution < 1.29 is 9.84 Å². The number of benzene rings is 2. The predicted molar refractivity (Wildman–Crippen MR) is 109 cm³/mol. The number of hydrogen-bond acceptors (Lipinski definition) is 3. The molecule has 0 saturated heterocycles. The van der Waals surface area contributed by atoms with Crippen molar-refractivity contribution in [2.45, 2.75) is 59.1 Å². The molecule has 26 heavy (non-hydrogen) atoms. The maximum atomic E-state index is 11.2. The van der Waals surface area contributed by atoms with Crippen molar-refractivity contribution in [3.63, 3.8) is 0 Å². The Bertz CT molecular complexity index is 689. The van der Waals surface area contributed by atoms with Crippen molar-refractivity contribution in [1.82, 2.24) is 5.32 Å². The lowest BCUT2D eigenvalue weighted by molar-refractivity contribution is 0.104. The molecule has 0 aliphatic rings. The lowest BCUT2D eigenvalue weighted by Gasteiger charge is -2.33. The molecule has 0 amide bonds. The first-order valence-electron chi connectivity index (χ1n) is 9.53. The second-order valence-corrected chi connectivity index (χ2v) is 8.16. The van der Waals surface area contributed by atoms with Crippen LogP contribution in [-0.4, -0.2) is 17.7 Å². The summed E-state index contributed by atoms with van der Waals surface area (Å²) in [6.07, 6.45) is -0.594. The first-order valence-corrected chi connectivity index (χ1v) is 9.53. The highest BCUT2D eigenvalue weighted by molar-refractivity contribution is 5.48. The highest BCUT2D eigenvalue weighted by Gasteiger charge is 2.31. The average molecular weight is 356 g/mol. The van der Waals surface area contributed by atoms with E-state index >= 15 is 0 Å². The molecule has 0 aliphatic heterocycles. The number of para-hydroxylation sites is 1. The predicted octanol–water partition coefficient (Wildman–Crippen LogP) is 5.44. The van der Waals surface area contributed by atoms with Gasteiger partial charge < -0.3 is 15.2 Å². The van der Waals surface area contributed by atoms with Gasteiger partial charge in [-0.15, -0.1) is 0 Å². The summed E-state index contributed by atoms with van der Waals surface area (Å²) in [4.78, 5) is 0. The highest BCUT2D eigenvalue weighted by atomic mass is 16.5. The number of nitrogens with one attached hydrogen (secondary N) is 1. The Labute approximate surface area is 158 Å². The lowest BCUT2D eigenvalue weighted by atomic mass is 9.79. The number of aliphatic hydroxyl groups excluding tert-OH is 1. The molecule has 3 nitrogen and oxygen atoms in total. The van der Waals surface area contributed by atoms with Gasteiger partial charge in [0.05, 0.1) is 6.10 Å². The van der Waals surface area contributed by atoms with Crippen LogP contribution in [0.4, 0.5) is 0 Å². The van der Waals surface area contributed by atoms with Gasteiger partial charge in [0.25, 0.3) is 0 Å². The molecule has 0 radical (unpaired) electrons. The molecular formula is C23H33NO2. The molecule has 0 bridgehead atoms. The standard InChI is InChI=1S/C23H33NO2/c1-7-24-21(16(2)3)22(25)18-14-11-15-19(20(18)23(4,5)6)26-17-12-9-8-10-13-17/h8-16,21-22,24-25H,7H2,1-6H3/t21?,22-/m0/s1. The summed E-state index contributed by atoms with van der Waals surface area (Å²) in [6.45, 7) is 13.7. The van der Waals surface area contributed by atoms with Gasteiger partial charge >= 0.3 is 0 Å². The van der Waals surface area contributed by atoms with Crippen LogP contribution in [0.25, 0.3) is 0 Å². The van der Waals surface area contributed by atoms with Crippen molar-refractivity contribution in [1.29, 1.82) is 0 Å². The fraction of sp³-hybridized carbons (Fsp3) is 0.478. The van der Waals surface area contributed by atoms with Crippen LogP contribution in [0.1, 0.15) is 58.8 Å². The molecular weight excluding hydrogens is 322 g/mol. The van der Waals surface area contributed by atoms with Gasteiger partial charge in [-0.2, -0.15) is 0 Å². The smallest absolute Gasteiger partial charge is 0.131 e. The van der Waals surface area contributed by atoms with Crippen LogP contribution in [0.3, 0.4) is 0 Å². The van der Waals surface area contributed by atoms with Crippen LogP contribution in [0, 0.1) is 5.92 Å². The summed E-state index contributed by atoms with van der Waals surface area (Å²) in [7, 11) is 0. The van der Waals surface area contributed by atoms with Crippen molar-refractivity contribution in [3.05, 3.63) is 59.7 Å². The second-order valence-electron chi connectivity index (χ2n) is 8.16.